The van der Waals surface area contributed by atoms with E-state index in [0.717, 1.165) is 50.9 Å². The van der Waals surface area contributed by atoms with Crippen molar-refractivity contribution in [2.24, 2.45) is 17.8 Å². The Morgan fingerprint density at radius 3 is 2.67 bits per heavy atom. The lowest BCUT2D eigenvalue weighted by atomic mass is 9.88. The van der Waals surface area contributed by atoms with Crippen molar-refractivity contribution in [2.45, 2.75) is 42.7 Å². The highest BCUT2D eigenvalue weighted by molar-refractivity contribution is 7.92. The van der Waals surface area contributed by atoms with Crippen LogP contribution in [-0.2, 0) is 10.0 Å². The Labute approximate surface area is 197 Å². The molecular formula is C22H27ClFN5O3S. The zero-order valence-corrected chi connectivity index (χ0v) is 19.6. The normalized spacial score (nSPS) is 29.5. The van der Waals surface area contributed by atoms with Crippen LogP contribution in [-0.4, -0.2) is 60.2 Å². The van der Waals surface area contributed by atoms with Crippen molar-refractivity contribution in [1.29, 1.82) is 0 Å². The number of likely N-dealkylation sites (tertiary alicyclic amines) is 1. The minimum atomic E-state index is -4.21. The van der Waals surface area contributed by atoms with E-state index < -0.39 is 20.7 Å². The molecule has 0 bridgehead atoms. The van der Waals surface area contributed by atoms with Gasteiger partial charge in [0, 0.05) is 38.0 Å². The van der Waals surface area contributed by atoms with Crippen LogP contribution in [0.1, 0.15) is 25.7 Å². The fourth-order valence-corrected chi connectivity index (χ4v) is 6.91. The number of benzene rings is 1. The maximum absolute atomic E-state index is 14.9. The van der Waals surface area contributed by atoms with E-state index in [9.17, 15) is 17.9 Å². The minimum Gasteiger partial charge on any atom is -0.396 e. The second-order valence-electron chi connectivity index (χ2n) is 9.19. The Balaban J connectivity index is 1.32. The molecule has 1 saturated heterocycles. The van der Waals surface area contributed by atoms with Gasteiger partial charge in [0.1, 0.15) is 22.9 Å². The molecule has 5 rings (SSSR count). The van der Waals surface area contributed by atoms with Gasteiger partial charge in [-0.05, 0) is 48.8 Å². The summed E-state index contributed by atoms with van der Waals surface area (Å²) in [7, 11) is -4.21. The van der Waals surface area contributed by atoms with E-state index in [1.165, 1.54) is 18.6 Å². The van der Waals surface area contributed by atoms with E-state index >= 15 is 0 Å². The highest BCUT2D eigenvalue weighted by Crippen LogP contribution is 2.52. The van der Waals surface area contributed by atoms with Gasteiger partial charge in [-0.1, -0.05) is 24.4 Å². The Morgan fingerprint density at radius 1 is 1.21 bits per heavy atom. The second-order valence-corrected chi connectivity index (χ2v) is 11.3. The van der Waals surface area contributed by atoms with Gasteiger partial charge in [0.15, 0.2) is 0 Å². The number of aromatic nitrogens is 2. The molecule has 0 spiro atoms. The SMILES string of the molecule is O=S(=O)(Nc1ccncn1)c1cc(Cl)c(N[C@@H]2CCCC[C@H]2N2C[C@@H]3[C@H](CO)[C@@H]3C2)cc1F. The van der Waals surface area contributed by atoms with Crippen LogP contribution in [0.15, 0.2) is 35.6 Å². The maximum atomic E-state index is 14.9. The first kappa shape index (κ1) is 22.8. The van der Waals surface area contributed by atoms with Gasteiger partial charge in [-0.25, -0.2) is 22.8 Å². The van der Waals surface area contributed by atoms with Crippen molar-refractivity contribution in [2.75, 3.05) is 29.7 Å². The Hall–Kier alpha value is -2.01. The van der Waals surface area contributed by atoms with Crippen molar-refractivity contribution >= 4 is 33.1 Å². The summed E-state index contributed by atoms with van der Waals surface area (Å²) in [6.07, 6.45) is 6.79. The molecule has 1 aromatic carbocycles. The number of nitrogens with zero attached hydrogens (tertiary/aromatic N) is 3. The molecule has 5 atom stereocenters. The molecule has 178 valence electrons. The molecule has 0 radical (unpaired) electrons. The van der Waals surface area contributed by atoms with Gasteiger partial charge in [0.25, 0.3) is 10.0 Å². The Morgan fingerprint density at radius 2 is 1.97 bits per heavy atom. The summed E-state index contributed by atoms with van der Waals surface area (Å²) in [5.74, 6) is 0.783. The van der Waals surface area contributed by atoms with E-state index in [1.807, 2.05) is 0 Å². The highest BCUT2D eigenvalue weighted by atomic mass is 35.5. The quantitative estimate of drug-likeness (QED) is 0.542. The van der Waals surface area contributed by atoms with Crippen molar-refractivity contribution in [3.8, 4) is 0 Å². The van der Waals surface area contributed by atoms with E-state index in [2.05, 4.69) is 24.9 Å². The smallest absolute Gasteiger partial charge is 0.266 e. The first-order chi connectivity index (χ1) is 15.9. The predicted molar refractivity (Wildman–Crippen MR) is 123 cm³/mol. The third-order valence-corrected chi connectivity index (χ3v) is 8.96. The Bertz CT molecular complexity index is 1110. The van der Waals surface area contributed by atoms with E-state index in [0.29, 0.717) is 29.5 Å². The molecule has 3 N–H and O–H groups in total. The van der Waals surface area contributed by atoms with Crippen LogP contribution in [0.4, 0.5) is 15.9 Å². The van der Waals surface area contributed by atoms with Gasteiger partial charge in [-0.3, -0.25) is 9.62 Å². The number of aliphatic hydroxyl groups excluding tert-OH is 1. The molecule has 11 heteroatoms. The maximum Gasteiger partial charge on any atom is 0.266 e. The molecule has 3 fully saturated rings. The zero-order valence-electron chi connectivity index (χ0n) is 18.0. The van der Waals surface area contributed by atoms with Gasteiger partial charge in [-0.15, -0.1) is 0 Å². The van der Waals surface area contributed by atoms with E-state index in [1.54, 1.807) is 0 Å². The average Bonchev–Trinajstić information content (AvgIpc) is 3.27. The fourth-order valence-electron chi connectivity index (χ4n) is 5.53. The molecule has 2 aliphatic carbocycles. The molecule has 2 saturated carbocycles. The largest absolute Gasteiger partial charge is 0.396 e. The lowest BCUT2D eigenvalue weighted by Crippen LogP contribution is -2.49. The molecule has 33 heavy (non-hydrogen) atoms. The number of sulfonamides is 1. The summed E-state index contributed by atoms with van der Waals surface area (Å²) in [4.78, 5) is 9.50. The van der Waals surface area contributed by atoms with Crippen LogP contribution in [0, 0.1) is 23.6 Å². The molecule has 2 aromatic rings. The number of halogens is 2. The summed E-state index contributed by atoms with van der Waals surface area (Å²) < 4.78 is 42.5. The van der Waals surface area contributed by atoms with E-state index in [4.69, 9.17) is 11.6 Å². The van der Waals surface area contributed by atoms with Gasteiger partial charge in [0.05, 0.1) is 10.7 Å². The fraction of sp³-hybridized carbons (Fsp3) is 0.545. The zero-order chi connectivity index (χ0) is 23.2. The average molecular weight is 496 g/mol. The molecule has 1 aromatic heterocycles. The monoisotopic (exact) mass is 495 g/mol. The third-order valence-electron chi connectivity index (χ3n) is 7.28. The summed E-state index contributed by atoms with van der Waals surface area (Å²) >= 11 is 6.42. The minimum absolute atomic E-state index is 0.0415. The van der Waals surface area contributed by atoms with Gasteiger partial charge in [-0.2, -0.15) is 0 Å². The lowest BCUT2D eigenvalue weighted by molar-refractivity contribution is 0.142. The number of hydrogen-bond donors (Lipinski definition) is 3. The molecule has 0 unspecified atom stereocenters. The van der Waals surface area contributed by atoms with Crippen LogP contribution in [0.2, 0.25) is 5.02 Å². The number of hydrogen-bond acceptors (Lipinski definition) is 7. The van der Waals surface area contributed by atoms with Gasteiger partial charge in [0.2, 0.25) is 0 Å². The van der Waals surface area contributed by atoms with Gasteiger partial charge < -0.3 is 10.4 Å². The molecule has 3 aliphatic rings. The summed E-state index contributed by atoms with van der Waals surface area (Å²) in [6.45, 7) is 2.26. The van der Waals surface area contributed by atoms with E-state index in [-0.39, 0.29) is 23.5 Å². The van der Waals surface area contributed by atoms with Crippen molar-refractivity contribution < 1.29 is 17.9 Å². The van der Waals surface area contributed by atoms with Crippen LogP contribution in [0.25, 0.3) is 0 Å². The van der Waals surface area contributed by atoms with Crippen LogP contribution in [0.5, 0.6) is 0 Å². The van der Waals surface area contributed by atoms with Crippen LogP contribution in [0.3, 0.4) is 0 Å². The van der Waals surface area contributed by atoms with Crippen molar-refractivity contribution in [3.05, 3.63) is 41.6 Å². The number of rotatable bonds is 7. The topological polar surface area (TPSA) is 107 Å². The third kappa shape index (κ3) is 4.53. The molecule has 0 amide bonds. The number of fused-ring (bicyclic) bond motifs is 1. The van der Waals surface area contributed by atoms with Gasteiger partial charge >= 0.3 is 0 Å². The predicted octanol–water partition coefficient (Wildman–Crippen LogP) is 2.96. The summed E-state index contributed by atoms with van der Waals surface area (Å²) in [5, 5.41) is 13.0. The lowest BCUT2D eigenvalue weighted by Gasteiger charge is -2.40. The number of anilines is 2. The summed E-state index contributed by atoms with van der Waals surface area (Å²) in [6, 6.07) is 4.08. The molecule has 8 nitrogen and oxygen atoms in total. The standard InChI is InChI=1S/C22H27ClFN5O3S/c23-16-7-21(33(31,32)28-22-5-6-25-12-26-22)17(24)8-19(16)27-18-3-1-2-4-20(18)29-9-13-14(10-29)15(13)11-30/h5-8,12-15,18,20,27,30H,1-4,9-11H2,(H,25,26,28)/t13-,14+,15-,18-,20-/m1/s1. The molecule has 2 heterocycles. The first-order valence-corrected chi connectivity index (χ1v) is 13.1. The van der Waals surface area contributed by atoms with Crippen molar-refractivity contribution in [1.82, 2.24) is 14.9 Å². The first-order valence-electron chi connectivity index (χ1n) is 11.3. The molecule has 1 aliphatic heterocycles. The highest BCUT2D eigenvalue weighted by Gasteiger charge is 2.56. The number of nitrogens with one attached hydrogen (secondary N) is 2. The van der Waals surface area contributed by atoms with Crippen LogP contribution >= 0.6 is 11.6 Å². The molecular weight excluding hydrogens is 469 g/mol. The summed E-state index contributed by atoms with van der Waals surface area (Å²) in [5.41, 5.74) is 0.393. The Kier molecular flexibility index (Phi) is 6.19. The van der Waals surface area contributed by atoms with Crippen LogP contribution < -0.4 is 10.0 Å². The van der Waals surface area contributed by atoms with Crippen molar-refractivity contribution in [3.63, 3.8) is 0 Å². The number of aliphatic hydroxyl groups is 1. The second kappa shape index (κ2) is 8.98. The number of piperidine rings is 1.